The lowest BCUT2D eigenvalue weighted by molar-refractivity contribution is -0.132. The van der Waals surface area contributed by atoms with Gasteiger partial charge in [-0.25, -0.2) is 4.39 Å². The average molecular weight is 309 g/mol. The Morgan fingerprint density at radius 1 is 1.18 bits per heavy atom. The minimum Gasteiger partial charge on any atom is -0.483 e. The standard InChI is InChI=1S/C16H20FNO4/c1-3-5-18(6-4-2)15(21)11-22-16-12(9-19)7-14(17)8-13(16)10-20/h3-4,7-8,19-20H,1-2,5-6,9-11H2. The number of hydrogen-bond donors (Lipinski definition) is 2. The monoisotopic (exact) mass is 309 g/mol. The molecule has 120 valence electrons. The van der Waals surface area contributed by atoms with Gasteiger partial charge in [0.05, 0.1) is 13.2 Å². The largest absolute Gasteiger partial charge is 0.483 e. The van der Waals surface area contributed by atoms with Gasteiger partial charge >= 0.3 is 0 Å². The number of aliphatic hydroxyl groups is 2. The van der Waals surface area contributed by atoms with Gasteiger partial charge in [-0.15, -0.1) is 13.2 Å². The molecule has 0 spiro atoms. The highest BCUT2D eigenvalue weighted by molar-refractivity contribution is 5.78. The van der Waals surface area contributed by atoms with Gasteiger partial charge in [0.1, 0.15) is 11.6 Å². The van der Waals surface area contributed by atoms with Crippen molar-refractivity contribution < 1.29 is 24.1 Å². The summed E-state index contributed by atoms with van der Waals surface area (Å²) in [7, 11) is 0. The van der Waals surface area contributed by atoms with Crippen LogP contribution in [0.3, 0.4) is 0 Å². The van der Waals surface area contributed by atoms with Crippen LogP contribution >= 0.6 is 0 Å². The SMILES string of the molecule is C=CCN(CC=C)C(=O)COc1c(CO)cc(F)cc1CO. The third-order valence-electron chi connectivity index (χ3n) is 2.94. The van der Waals surface area contributed by atoms with Gasteiger partial charge in [-0.1, -0.05) is 12.2 Å². The summed E-state index contributed by atoms with van der Waals surface area (Å²) in [5, 5.41) is 18.5. The summed E-state index contributed by atoms with van der Waals surface area (Å²) < 4.78 is 18.7. The first-order valence-corrected chi connectivity index (χ1v) is 6.72. The van der Waals surface area contributed by atoms with Gasteiger partial charge in [-0.2, -0.15) is 0 Å². The van der Waals surface area contributed by atoms with E-state index in [0.717, 1.165) is 12.1 Å². The molecule has 0 fully saturated rings. The van der Waals surface area contributed by atoms with Crippen LogP contribution in [0, 0.1) is 5.82 Å². The summed E-state index contributed by atoms with van der Waals surface area (Å²) in [6.07, 6.45) is 3.16. The Kier molecular flexibility index (Phi) is 7.28. The summed E-state index contributed by atoms with van der Waals surface area (Å²) in [6.45, 7) is 6.61. The molecule has 0 aliphatic heterocycles. The van der Waals surface area contributed by atoms with Crippen molar-refractivity contribution in [3.63, 3.8) is 0 Å². The molecule has 0 bridgehead atoms. The molecule has 0 aliphatic carbocycles. The van der Waals surface area contributed by atoms with Gasteiger partial charge in [-0.3, -0.25) is 4.79 Å². The molecule has 1 rings (SSSR count). The second-order valence-corrected chi connectivity index (χ2v) is 4.53. The number of carbonyl (C=O) groups is 1. The molecule has 1 aromatic carbocycles. The van der Waals surface area contributed by atoms with Crippen molar-refractivity contribution in [1.82, 2.24) is 4.90 Å². The van der Waals surface area contributed by atoms with E-state index >= 15 is 0 Å². The van der Waals surface area contributed by atoms with E-state index in [0.29, 0.717) is 13.1 Å². The van der Waals surface area contributed by atoms with E-state index in [1.807, 2.05) is 0 Å². The fraction of sp³-hybridized carbons (Fsp3) is 0.312. The van der Waals surface area contributed by atoms with Crippen molar-refractivity contribution in [3.8, 4) is 5.75 Å². The summed E-state index contributed by atoms with van der Waals surface area (Å²) in [5.41, 5.74) is 0.353. The Bertz CT molecular complexity index is 510. The average Bonchev–Trinajstić information content (AvgIpc) is 2.52. The number of benzene rings is 1. The number of nitrogens with zero attached hydrogens (tertiary/aromatic N) is 1. The van der Waals surface area contributed by atoms with E-state index in [9.17, 15) is 19.4 Å². The second-order valence-electron chi connectivity index (χ2n) is 4.53. The molecule has 22 heavy (non-hydrogen) atoms. The zero-order valence-electron chi connectivity index (χ0n) is 12.3. The maximum atomic E-state index is 13.3. The maximum Gasteiger partial charge on any atom is 0.261 e. The Balaban J connectivity index is 2.88. The van der Waals surface area contributed by atoms with Crippen LogP contribution in [-0.4, -0.2) is 40.7 Å². The highest BCUT2D eigenvalue weighted by atomic mass is 19.1. The maximum absolute atomic E-state index is 13.3. The van der Waals surface area contributed by atoms with Crippen LogP contribution in [-0.2, 0) is 18.0 Å². The Morgan fingerprint density at radius 3 is 2.09 bits per heavy atom. The highest BCUT2D eigenvalue weighted by Crippen LogP contribution is 2.26. The Morgan fingerprint density at radius 2 is 1.68 bits per heavy atom. The molecule has 0 heterocycles. The molecule has 0 radical (unpaired) electrons. The number of aliphatic hydroxyl groups excluding tert-OH is 2. The molecule has 0 aromatic heterocycles. The number of carbonyl (C=O) groups excluding carboxylic acids is 1. The van der Waals surface area contributed by atoms with E-state index in [1.54, 1.807) is 12.2 Å². The van der Waals surface area contributed by atoms with Gasteiger partial charge in [0, 0.05) is 24.2 Å². The van der Waals surface area contributed by atoms with Crippen LogP contribution in [0.25, 0.3) is 0 Å². The number of hydrogen-bond acceptors (Lipinski definition) is 4. The number of rotatable bonds is 9. The zero-order valence-corrected chi connectivity index (χ0v) is 12.3. The molecule has 0 unspecified atom stereocenters. The summed E-state index contributed by atoms with van der Waals surface area (Å²) >= 11 is 0. The van der Waals surface area contributed by atoms with Crippen molar-refractivity contribution in [2.75, 3.05) is 19.7 Å². The van der Waals surface area contributed by atoms with Gasteiger partial charge < -0.3 is 19.8 Å². The molecule has 6 heteroatoms. The molecule has 0 saturated heterocycles. The van der Waals surface area contributed by atoms with Crippen molar-refractivity contribution >= 4 is 5.91 Å². The molecule has 0 saturated carbocycles. The predicted octanol–water partition coefficient (Wildman–Crippen LogP) is 1.39. The van der Waals surface area contributed by atoms with Gasteiger partial charge in [0.2, 0.25) is 0 Å². The molecule has 2 N–H and O–H groups in total. The first-order chi connectivity index (χ1) is 10.6. The third kappa shape index (κ3) is 4.68. The van der Waals surface area contributed by atoms with E-state index < -0.39 is 19.0 Å². The normalized spacial score (nSPS) is 10.1. The molecular weight excluding hydrogens is 289 g/mol. The number of halogens is 1. The highest BCUT2D eigenvalue weighted by Gasteiger charge is 2.16. The Labute approximate surface area is 128 Å². The Hall–Kier alpha value is -2.18. The van der Waals surface area contributed by atoms with Gasteiger partial charge in [-0.05, 0) is 12.1 Å². The summed E-state index contributed by atoms with van der Waals surface area (Å²) in [6, 6.07) is 2.20. The van der Waals surface area contributed by atoms with Crippen LogP contribution in [0.2, 0.25) is 0 Å². The fourth-order valence-corrected chi connectivity index (χ4v) is 1.95. The minimum absolute atomic E-state index is 0.122. The van der Waals surface area contributed by atoms with E-state index in [-0.39, 0.29) is 29.4 Å². The van der Waals surface area contributed by atoms with E-state index in [2.05, 4.69) is 13.2 Å². The van der Waals surface area contributed by atoms with Crippen LogP contribution < -0.4 is 4.74 Å². The lowest BCUT2D eigenvalue weighted by Gasteiger charge is -2.20. The molecule has 0 atom stereocenters. The minimum atomic E-state index is -0.591. The third-order valence-corrected chi connectivity index (χ3v) is 2.94. The second kappa shape index (κ2) is 8.96. The van der Waals surface area contributed by atoms with Crippen LogP contribution in [0.1, 0.15) is 11.1 Å². The first kappa shape index (κ1) is 17.9. The predicted molar refractivity (Wildman–Crippen MR) is 80.7 cm³/mol. The van der Waals surface area contributed by atoms with Gasteiger partial charge in [0.15, 0.2) is 6.61 Å². The van der Waals surface area contributed by atoms with Crippen molar-refractivity contribution in [2.24, 2.45) is 0 Å². The molecule has 1 aromatic rings. The fourth-order valence-electron chi connectivity index (χ4n) is 1.95. The summed E-state index contributed by atoms with van der Waals surface area (Å²) in [5.74, 6) is -0.777. The lowest BCUT2D eigenvalue weighted by Crippen LogP contribution is -2.35. The van der Waals surface area contributed by atoms with Crippen LogP contribution in [0.5, 0.6) is 5.75 Å². The molecule has 1 amide bonds. The van der Waals surface area contributed by atoms with Crippen LogP contribution in [0.15, 0.2) is 37.4 Å². The molecular formula is C16H20FNO4. The molecule has 5 nitrogen and oxygen atoms in total. The van der Waals surface area contributed by atoms with Crippen molar-refractivity contribution in [3.05, 3.63) is 54.4 Å². The zero-order chi connectivity index (χ0) is 16.5. The van der Waals surface area contributed by atoms with Crippen LogP contribution in [0.4, 0.5) is 4.39 Å². The topological polar surface area (TPSA) is 70.0 Å². The van der Waals surface area contributed by atoms with E-state index in [4.69, 9.17) is 4.74 Å². The lowest BCUT2D eigenvalue weighted by atomic mass is 10.1. The first-order valence-electron chi connectivity index (χ1n) is 6.72. The van der Waals surface area contributed by atoms with Crippen molar-refractivity contribution in [2.45, 2.75) is 13.2 Å². The quantitative estimate of drug-likeness (QED) is 0.676. The number of ether oxygens (including phenoxy) is 1. The summed E-state index contributed by atoms with van der Waals surface area (Å²) in [4.78, 5) is 13.5. The smallest absolute Gasteiger partial charge is 0.261 e. The van der Waals surface area contributed by atoms with Gasteiger partial charge in [0.25, 0.3) is 5.91 Å². The van der Waals surface area contributed by atoms with Crippen molar-refractivity contribution in [1.29, 1.82) is 0 Å². The number of amides is 1. The molecule has 0 aliphatic rings. The van der Waals surface area contributed by atoms with E-state index in [1.165, 1.54) is 4.90 Å².